The smallest absolute Gasteiger partial charge is 0.249 e. The molecule has 9 atom stereocenters. The van der Waals surface area contributed by atoms with Gasteiger partial charge in [0.05, 0.1) is 25.4 Å². The van der Waals surface area contributed by atoms with Crippen molar-refractivity contribution in [2.45, 2.75) is 281 Å². The maximum absolute atomic E-state index is 13.1. The number of hydrogen-bond acceptors (Lipinski definition) is 10. The van der Waals surface area contributed by atoms with Crippen molar-refractivity contribution in [3.05, 3.63) is 0 Å². The molecule has 8 N–H and O–H groups in total. The van der Waals surface area contributed by atoms with Crippen LogP contribution in [0.15, 0.2) is 0 Å². The quantitative estimate of drug-likeness (QED) is 0.0279. The van der Waals surface area contributed by atoms with Gasteiger partial charge in [0.2, 0.25) is 5.91 Å². The van der Waals surface area contributed by atoms with Crippen LogP contribution in [0.3, 0.4) is 0 Å². The molecule has 0 bridgehead atoms. The zero-order valence-corrected chi connectivity index (χ0v) is 37.3. The standard InChI is InChI=1S/C47H93NO10/c1-3-5-7-9-11-13-15-17-18-19-20-21-22-23-25-27-29-31-33-35-40(51)46(56)48-38(37-57-47-45(55)44(54)43(53)41(36-49)58-47)42(52)39(50)34-32-30-28-26-24-16-14-12-10-8-6-4-2/h38-45,47,49-55H,3-37H2,1-2H3,(H,48,56)/t38-,39+,40+,41+,42-,43-,44-,45-,47+/m0/s1. The average Bonchev–Trinajstić information content (AvgIpc) is 3.22. The number of carbonyl (C=O) groups is 1. The summed E-state index contributed by atoms with van der Waals surface area (Å²) in [7, 11) is 0. The van der Waals surface area contributed by atoms with Crippen molar-refractivity contribution in [2.24, 2.45) is 0 Å². The van der Waals surface area contributed by atoms with E-state index in [2.05, 4.69) is 19.2 Å². The molecule has 0 saturated carbocycles. The second-order valence-electron chi connectivity index (χ2n) is 17.5. The highest BCUT2D eigenvalue weighted by molar-refractivity contribution is 5.80. The fourth-order valence-electron chi connectivity index (χ4n) is 8.09. The minimum atomic E-state index is -1.66. The zero-order valence-electron chi connectivity index (χ0n) is 37.3. The van der Waals surface area contributed by atoms with Gasteiger partial charge in [0.15, 0.2) is 6.29 Å². The van der Waals surface area contributed by atoms with Crippen LogP contribution in [0, 0.1) is 0 Å². The molecule has 11 heteroatoms. The predicted molar refractivity (Wildman–Crippen MR) is 233 cm³/mol. The summed E-state index contributed by atoms with van der Waals surface area (Å²) >= 11 is 0. The van der Waals surface area contributed by atoms with Crippen molar-refractivity contribution in [3.8, 4) is 0 Å². The second-order valence-corrected chi connectivity index (χ2v) is 17.5. The van der Waals surface area contributed by atoms with E-state index in [1.165, 1.54) is 148 Å². The first-order valence-electron chi connectivity index (χ1n) is 24.4. The lowest BCUT2D eigenvalue weighted by Gasteiger charge is -2.40. The van der Waals surface area contributed by atoms with Crippen LogP contribution in [0.25, 0.3) is 0 Å². The number of unbranched alkanes of at least 4 members (excludes halogenated alkanes) is 29. The molecular weight excluding hydrogens is 739 g/mol. The topological polar surface area (TPSA) is 189 Å². The van der Waals surface area contributed by atoms with Crippen LogP contribution in [0.2, 0.25) is 0 Å². The fraction of sp³-hybridized carbons (Fsp3) is 0.979. The first kappa shape index (κ1) is 55.1. The Bertz CT molecular complexity index is 913. The Hall–Kier alpha value is -0.890. The minimum absolute atomic E-state index is 0.266. The van der Waals surface area contributed by atoms with Gasteiger partial charge in [-0.25, -0.2) is 0 Å². The van der Waals surface area contributed by atoms with Gasteiger partial charge in [0.1, 0.15) is 36.6 Å². The average molecular weight is 832 g/mol. The van der Waals surface area contributed by atoms with Crippen LogP contribution in [-0.2, 0) is 14.3 Å². The van der Waals surface area contributed by atoms with Gasteiger partial charge in [-0.15, -0.1) is 0 Å². The lowest BCUT2D eigenvalue weighted by Crippen LogP contribution is -2.60. The van der Waals surface area contributed by atoms with Crippen molar-refractivity contribution in [2.75, 3.05) is 13.2 Å². The number of nitrogens with one attached hydrogen (secondary N) is 1. The third-order valence-corrected chi connectivity index (χ3v) is 12.2. The van der Waals surface area contributed by atoms with Crippen molar-refractivity contribution in [3.63, 3.8) is 0 Å². The third kappa shape index (κ3) is 27.1. The highest BCUT2D eigenvalue weighted by Gasteiger charge is 2.44. The molecule has 1 aliphatic rings. The number of amides is 1. The van der Waals surface area contributed by atoms with E-state index in [0.29, 0.717) is 19.3 Å². The van der Waals surface area contributed by atoms with Crippen LogP contribution in [-0.4, -0.2) is 110 Å². The zero-order chi connectivity index (χ0) is 42.6. The molecule has 0 aromatic rings. The van der Waals surface area contributed by atoms with Gasteiger partial charge in [0, 0.05) is 0 Å². The monoisotopic (exact) mass is 832 g/mol. The normalized spacial score (nSPS) is 21.8. The lowest BCUT2D eigenvalue weighted by atomic mass is 9.98. The molecule has 1 heterocycles. The molecule has 346 valence electrons. The van der Waals surface area contributed by atoms with E-state index < -0.39 is 74.2 Å². The molecule has 0 aliphatic carbocycles. The number of carbonyl (C=O) groups excluding carboxylic acids is 1. The number of hydrogen-bond donors (Lipinski definition) is 8. The molecule has 1 rings (SSSR count). The molecule has 0 spiro atoms. The van der Waals surface area contributed by atoms with Gasteiger partial charge in [0.25, 0.3) is 0 Å². The minimum Gasteiger partial charge on any atom is -0.394 e. The highest BCUT2D eigenvalue weighted by atomic mass is 16.7. The molecular formula is C47H93NO10. The second kappa shape index (κ2) is 37.8. The van der Waals surface area contributed by atoms with Crippen LogP contribution < -0.4 is 5.32 Å². The van der Waals surface area contributed by atoms with Gasteiger partial charge in [-0.3, -0.25) is 4.79 Å². The maximum atomic E-state index is 13.1. The van der Waals surface area contributed by atoms with E-state index in [0.717, 1.165) is 38.5 Å². The van der Waals surface area contributed by atoms with Gasteiger partial charge in [-0.05, 0) is 12.8 Å². The number of ether oxygens (including phenoxy) is 2. The van der Waals surface area contributed by atoms with Crippen molar-refractivity contribution in [1.29, 1.82) is 0 Å². The van der Waals surface area contributed by atoms with Gasteiger partial charge >= 0.3 is 0 Å². The Balaban J connectivity index is 2.39. The van der Waals surface area contributed by atoms with Gasteiger partial charge in [-0.2, -0.15) is 0 Å². The lowest BCUT2D eigenvalue weighted by molar-refractivity contribution is -0.303. The van der Waals surface area contributed by atoms with Crippen LogP contribution in [0.5, 0.6) is 0 Å². The summed E-state index contributed by atoms with van der Waals surface area (Å²) in [6, 6.07) is -1.16. The summed E-state index contributed by atoms with van der Waals surface area (Å²) in [5.74, 6) is -0.693. The molecule has 0 aromatic carbocycles. The van der Waals surface area contributed by atoms with Gasteiger partial charge < -0.3 is 50.5 Å². The maximum Gasteiger partial charge on any atom is 0.249 e. The molecule has 58 heavy (non-hydrogen) atoms. The van der Waals surface area contributed by atoms with Crippen molar-refractivity contribution < 1.29 is 50.0 Å². The van der Waals surface area contributed by atoms with Crippen LogP contribution in [0.4, 0.5) is 0 Å². The molecule has 0 unspecified atom stereocenters. The largest absolute Gasteiger partial charge is 0.394 e. The highest BCUT2D eigenvalue weighted by Crippen LogP contribution is 2.23. The Labute approximate surface area is 354 Å². The molecule has 11 nitrogen and oxygen atoms in total. The molecule has 0 radical (unpaired) electrons. The van der Waals surface area contributed by atoms with Crippen LogP contribution >= 0.6 is 0 Å². The summed E-state index contributed by atoms with van der Waals surface area (Å²) in [6.07, 6.45) is 27.2. The van der Waals surface area contributed by atoms with E-state index in [4.69, 9.17) is 9.47 Å². The summed E-state index contributed by atoms with van der Waals surface area (Å²) < 4.78 is 11.1. The van der Waals surface area contributed by atoms with Crippen molar-refractivity contribution >= 4 is 5.91 Å². The number of aliphatic hydroxyl groups is 7. The fourth-order valence-corrected chi connectivity index (χ4v) is 8.09. The van der Waals surface area contributed by atoms with E-state index in [1.807, 2.05) is 0 Å². The molecule has 1 fully saturated rings. The van der Waals surface area contributed by atoms with E-state index in [1.54, 1.807) is 0 Å². The Morgan fingerprint density at radius 2 is 0.897 bits per heavy atom. The van der Waals surface area contributed by atoms with Crippen molar-refractivity contribution in [1.82, 2.24) is 5.32 Å². The molecule has 0 aromatic heterocycles. The summed E-state index contributed by atoms with van der Waals surface area (Å²) in [5.41, 5.74) is 0. The third-order valence-electron chi connectivity index (χ3n) is 12.2. The Morgan fingerprint density at radius 1 is 0.534 bits per heavy atom. The Kier molecular flexibility index (Phi) is 36.0. The predicted octanol–water partition coefficient (Wildman–Crippen LogP) is 8.28. The molecule has 1 amide bonds. The molecule has 1 saturated heterocycles. The summed E-state index contributed by atoms with van der Waals surface area (Å²) in [5, 5.41) is 75.7. The van der Waals surface area contributed by atoms with E-state index in [9.17, 15) is 40.5 Å². The molecule has 1 aliphatic heterocycles. The summed E-state index contributed by atoms with van der Waals surface area (Å²) in [4.78, 5) is 13.1. The van der Waals surface area contributed by atoms with Crippen LogP contribution in [0.1, 0.15) is 226 Å². The number of rotatable bonds is 41. The first-order chi connectivity index (χ1) is 28.2. The first-order valence-corrected chi connectivity index (χ1v) is 24.4. The van der Waals surface area contributed by atoms with Gasteiger partial charge in [-0.1, -0.05) is 213 Å². The number of aliphatic hydroxyl groups excluding tert-OH is 7. The Morgan fingerprint density at radius 3 is 1.28 bits per heavy atom. The SMILES string of the molecule is CCCCCCCCCCCCCCCCCCCCC[C@@H](O)C(=O)N[C@@H](CO[C@@H]1O[C@H](CO)[C@H](O)[C@H](O)[C@@H]1O)[C@H](O)[C@H](O)CCCCCCCCCCCCCC. The summed E-state index contributed by atoms with van der Waals surface area (Å²) in [6.45, 7) is 3.45. The van der Waals surface area contributed by atoms with E-state index in [-0.39, 0.29) is 6.42 Å². The van der Waals surface area contributed by atoms with E-state index >= 15 is 0 Å².